The van der Waals surface area contributed by atoms with Gasteiger partial charge in [0.05, 0.1) is 0 Å². The van der Waals surface area contributed by atoms with Crippen LogP contribution in [-0.4, -0.2) is 28.7 Å². The molecule has 1 heterocycles. The van der Waals surface area contributed by atoms with Gasteiger partial charge in [-0.15, -0.1) is 0 Å². The first-order valence-electron chi connectivity index (χ1n) is 5.43. The molecule has 1 saturated heterocycles. The van der Waals surface area contributed by atoms with Crippen molar-refractivity contribution in [3.63, 3.8) is 0 Å². The van der Waals surface area contributed by atoms with Crippen LogP contribution in [0.5, 0.6) is 0 Å². The molecular formula is C11H18BrNO. The van der Waals surface area contributed by atoms with Gasteiger partial charge in [0.25, 0.3) is 0 Å². The van der Waals surface area contributed by atoms with Crippen LogP contribution in [0.1, 0.15) is 33.1 Å². The molecule has 0 radical (unpaired) electrons. The predicted octanol–water partition coefficient (Wildman–Crippen LogP) is 2.42. The second kappa shape index (κ2) is 3.51. The van der Waals surface area contributed by atoms with Crippen LogP contribution < -0.4 is 0 Å². The molecule has 1 unspecified atom stereocenters. The van der Waals surface area contributed by atoms with E-state index >= 15 is 0 Å². The molecule has 2 nitrogen and oxygen atoms in total. The first kappa shape index (κ1) is 10.5. The third-order valence-electron chi connectivity index (χ3n) is 3.65. The molecule has 0 aromatic heterocycles. The number of carbonyl (C=O) groups excluding carboxylic acids is 1. The van der Waals surface area contributed by atoms with Gasteiger partial charge in [-0.05, 0) is 24.7 Å². The number of rotatable bonds is 2. The second-order valence-electron chi connectivity index (χ2n) is 5.23. The molecule has 1 saturated carbocycles. The Kier molecular flexibility index (Phi) is 2.63. The fourth-order valence-electron chi connectivity index (χ4n) is 2.38. The monoisotopic (exact) mass is 259 g/mol. The Balaban J connectivity index is 1.98. The Hall–Kier alpha value is -0.0500. The number of likely N-dealkylation sites (tertiary alicyclic amines) is 1. The standard InChI is InChI=1S/C11H18BrNO/c1-11(2)6-9(11)10(14)13-5-3-4-8(13)7-12/h8-9H,3-7H2,1-2H3/t8-,9?/m1/s1. The van der Waals surface area contributed by atoms with Crippen molar-refractivity contribution in [1.82, 2.24) is 4.90 Å². The van der Waals surface area contributed by atoms with E-state index in [2.05, 4.69) is 34.7 Å². The fourth-order valence-corrected chi connectivity index (χ4v) is 3.05. The lowest BCUT2D eigenvalue weighted by molar-refractivity contribution is -0.133. The Morgan fingerprint density at radius 3 is 2.71 bits per heavy atom. The normalized spacial score (nSPS) is 34.6. The van der Waals surface area contributed by atoms with Crippen LogP contribution >= 0.6 is 15.9 Å². The number of hydrogen-bond acceptors (Lipinski definition) is 1. The Morgan fingerprint density at radius 1 is 1.57 bits per heavy atom. The molecule has 0 aromatic carbocycles. The highest BCUT2D eigenvalue weighted by Gasteiger charge is 2.52. The molecule has 0 N–H and O–H groups in total. The van der Waals surface area contributed by atoms with E-state index in [9.17, 15) is 4.79 Å². The van der Waals surface area contributed by atoms with Crippen LogP contribution in [0.2, 0.25) is 0 Å². The fraction of sp³-hybridized carbons (Fsp3) is 0.909. The third-order valence-corrected chi connectivity index (χ3v) is 4.40. The summed E-state index contributed by atoms with van der Waals surface area (Å²) in [6, 6.07) is 0.457. The quantitative estimate of drug-likeness (QED) is 0.698. The van der Waals surface area contributed by atoms with Crippen molar-refractivity contribution in [3.05, 3.63) is 0 Å². The lowest BCUT2D eigenvalue weighted by Crippen LogP contribution is -2.38. The van der Waals surface area contributed by atoms with Crippen molar-refractivity contribution in [2.45, 2.75) is 39.2 Å². The molecule has 2 atom stereocenters. The number of amides is 1. The number of carbonyl (C=O) groups is 1. The Morgan fingerprint density at radius 2 is 2.21 bits per heavy atom. The highest BCUT2D eigenvalue weighted by Crippen LogP contribution is 2.53. The zero-order chi connectivity index (χ0) is 10.3. The van der Waals surface area contributed by atoms with Gasteiger partial charge in [-0.3, -0.25) is 4.79 Å². The van der Waals surface area contributed by atoms with E-state index < -0.39 is 0 Å². The van der Waals surface area contributed by atoms with Gasteiger partial charge in [-0.1, -0.05) is 29.8 Å². The van der Waals surface area contributed by atoms with E-state index in [-0.39, 0.29) is 5.41 Å². The van der Waals surface area contributed by atoms with Crippen molar-refractivity contribution in [2.24, 2.45) is 11.3 Å². The van der Waals surface area contributed by atoms with Crippen molar-refractivity contribution in [1.29, 1.82) is 0 Å². The average molecular weight is 260 g/mol. The van der Waals surface area contributed by atoms with Crippen molar-refractivity contribution < 1.29 is 4.79 Å². The molecule has 3 heteroatoms. The average Bonchev–Trinajstić information content (AvgIpc) is 2.64. The first-order valence-corrected chi connectivity index (χ1v) is 6.55. The summed E-state index contributed by atoms with van der Waals surface area (Å²) < 4.78 is 0. The van der Waals surface area contributed by atoms with E-state index in [1.807, 2.05) is 0 Å². The molecule has 14 heavy (non-hydrogen) atoms. The largest absolute Gasteiger partial charge is 0.339 e. The van der Waals surface area contributed by atoms with Gasteiger partial charge in [-0.25, -0.2) is 0 Å². The van der Waals surface area contributed by atoms with E-state index in [0.717, 1.165) is 18.3 Å². The summed E-state index contributed by atoms with van der Waals surface area (Å²) in [6.45, 7) is 5.35. The lowest BCUT2D eigenvalue weighted by atomic mass is 10.1. The van der Waals surface area contributed by atoms with Crippen molar-refractivity contribution >= 4 is 21.8 Å². The number of halogens is 1. The zero-order valence-corrected chi connectivity index (χ0v) is 10.5. The van der Waals surface area contributed by atoms with Crippen LogP contribution in [0.15, 0.2) is 0 Å². The summed E-state index contributed by atoms with van der Waals surface area (Å²) in [5, 5.41) is 0.936. The topological polar surface area (TPSA) is 20.3 Å². The summed E-state index contributed by atoms with van der Waals surface area (Å²) in [6.07, 6.45) is 3.43. The molecule has 0 spiro atoms. The molecule has 0 bridgehead atoms. The maximum Gasteiger partial charge on any atom is 0.226 e. The number of hydrogen-bond donors (Lipinski definition) is 0. The molecule has 2 fully saturated rings. The van der Waals surface area contributed by atoms with Gasteiger partial charge >= 0.3 is 0 Å². The number of nitrogens with zero attached hydrogens (tertiary/aromatic N) is 1. The summed E-state index contributed by atoms with van der Waals surface area (Å²) in [7, 11) is 0. The minimum absolute atomic E-state index is 0.274. The molecule has 2 aliphatic rings. The van der Waals surface area contributed by atoms with Crippen LogP contribution in [0.25, 0.3) is 0 Å². The van der Waals surface area contributed by atoms with Gasteiger partial charge in [0.2, 0.25) is 5.91 Å². The lowest BCUT2D eigenvalue weighted by Gasteiger charge is -2.23. The molecule has 2 rings (SSSR count). The Bertz CT molecular complexity index is 252. The van der Waals surface area contributed by atoms with Crippen molar-refractivity contribution in [3.8, 4) is 0 Å². The van der Waals surface area contributed by atoms with Crippen LogP contribution in [0, 0.1) is 11.3 Å². The minimum atomic E-state index is 0.274. The molecule has 1 aliphatic carbocycles. The minimum Gasteiger partial charge on any atom is -0.339 e. The highest BCUT2D eigenvalue weighted by molar-refractivity contribution is 9.09. The molecule has 1 amide bonds. The molecule has 0 aromatic rings. The van der Waals surface area contributed by atoms with Gasteiger partial charge in [0.15, 0.2) is 0 Å². The summed E-state index contributed by atoms with van der Waals surface area (Å²) in [5.41, 5.74) is 0.274. The summed E-state index contributed by atoms with van der Waals surface area (Å²) >= 11 is 3.49. The number of alkyl halides is 1. The molecule has 1 aliphatic heterocycles. The van der Waals surface area contributed by atoms with Gasteiger partial charge < -0.3 is 4.90 Å². The van der Waals surface area contributed by atoms with Crippen LogP contribution in [0.4, 0.5) is 0 Å². The predicted molar refractivity (Wildman–Crippen MR) is 60.4 cm³/mol. The zero-order valence-electron chi connectivity index (χ0n) is 8.92. The summed E-state index contributed by atoms with van der Waals surface area (Å²) in [4.78, 5) is 14.2. The Labute approximate surface area is 94.2 Å². The second-order valence-corrected chi connectivity index (χ2v) is 5.87. The van der Waals surface area contributed by atoms with E-state index in [1.165, 1.54) is 12.8 Å². The van der Waals surface area contributed by atoms with Gasteiger partial charge in [0.1, 0.15) is 0 Å². The van der Waals surface area contributed by atoms with E-state index in [4.69, 9.17) is 0 Å². The maximum absolute atomic E-state index is 12.1. The van der Waals surface area contributed by atoms with Crippen LogP contribution in [-0.2, 0) is 4.79 Å². The van der Waals surface area contributed by atoms with E-state index in [0.29, 0.717) is 17.9 Å². The van der Waals surface area contributed by atoms with Crippen molar-refractivity contribution in [2.75, 3.05) is 11.9 Å². The maximum atomic E-state index is 12.1. The molecule has 80 valence electrons. The van der Waals surface area contributed by atoms with Gasteiger partial charge in [-0.2, -0.15) is 0 Å². The highest BCUT2D eigenvalue weighted by atomic mass is 79.9. The summed E-state index contributed by atoms with van der Waals surface area (Å²) in [5.74, 6) is 0.708. The van der Waals surface area contributed by atoms with Gasteiger partial charge in [0, 0.05) is 23.8 Å². The first-order chi connectivity index (χ1) is 6.56. The van der Waals surface area contributed by atoms with E-state index in [1.54, 1.807) is 0 Å². The SMILES string of the molecule is CC1(C)CC1C(=O)N1CCC[C@@H]1CBr. The smallest absolute Gasteiger partial charge is 0.226 e. The third kappa shape index (κ3) is 1.71. The molecular weight excluding hydrogens is 242 g/mol. The van der Waals surface area contributed by atoms with Crippen LogP contribution in [0.3, 0.4) is 0 Å².